The highest BCUT2D eigenvalue weighted by atomic mass is 35.5. The Kier molecular flexibility index (Phi) is 2.83. The summed E-state index contributed by atoms with van der Waals surface area (Å²) in [5, 5.41) is 0.342. The molecular formula is C10H9ClO2. The molecule has 0 N–H and O–H groups in total. The zero-order chi connectivity index (χ0) is 10.0. The maximum atomic E-state index is 11.1. The summed E-state index contributed by atoms with van der Waals surface area (Å²) in [6.07, 6.45) is 0.648. The van der Waals surface area contributed by atoms with Crippen LogP contribution in [0.5, 0.6) is 0 Å². The van der Waals surface area contributed by atoms with E-state index in [9.17, 15) is 9.59 Å². The van der Waals surface area contributed by atoms with Gasteiger partial charge in [0.1, 0.15) is 0 Å². The molecule has 0 aromatic heterocycles. The van der Waals surface area contributed by atoms with Crippen molar-refractivity contribution in [2.75, 3.05) is 0 Å². The second-order valence-electron chi connectivity index (χ2n) is 2.89. The second-order valence-corrected chi connectivity index (χ2v) is 3.29. The van der Waals surface area contributed by atoms with Crippen molar-refractivity contribution in [3.63, 3.8) is 0 Å². The topological polar surface area (TPSA) is 34.1 Å². The summed E-state index contributed by atoms with van der Waals surface area (Å²) in [6.45, 7) is 3.21. The number of benzene rings is 1. The summed E-state index contributed by atoms with van der Waals surface area (Å²) in [7, 11) is 0. The van der Waals surface area contributed by atoms with Gasteiger partial charge in [-0.1, -0.05) is 11.6 Å². The van der Waals surface area contributed by atoms with Crippen LogP contribution < -0.4 is 0 Å². The molecule has 68 valence electrons. The molecule has 0 atom stereocenters. The third-order valence-electron chi connectivity index (χ3n) is 1.74. The maximum Gasteiger partial charge on any atom is 0.162 e. The average molecular weight is 197 g/mol. The monoisotopic (exact) mass is 196 g/mol. The van der Waals surface area contributed by atoms with Crippen molar-refractivity contribution in [1.29, 1.82) is 0 Å². The van der Waals surface area contributed by atoms with Crippen molar-refractivity contribution in [2.24, 2.45) is 0 Å². The molecule has 1 aromatic carbocycles. The molecule has 0 bridgehead atoms. The molecule has 0 aliphatic heterocycles. The lowest BCUT2D eigenvalue weighted by molar-refractivity contribution is 0.101. The first-order chi connectivity index (χ1) is 6.06. The van der Waals surface area contributed by atoms with Gasteiger partial charge in [-0.05, 0) is 31.5 Å². The van der Waals surface area contributed by atoms with E-state index in [1.807, 2.05) is 6.92 Å². The number of carbonyl (C=O) groups excluding carboxylic acids is 2. The first kappa shape index (κ1) is 9.93. The van der Waals surface area contributed by atoms with E-state index >= 15 is 0 Å². The van der Waals surface area contributed by atoms with Gasteiger partial charge in [0.25, 0.3) is 0 Å². The minimum atomic E-state index is -0.188. The molecule has 0 aliphatic rings. The number of rotatable bonds is 2. The maximum absolute atomic E-state index is 11.1. The number of hydrogen-bond donors (Lipinski definition) is 0. The van der Waals surface area contributed by atoms with Crippen LogP contribution in [0.3, 0.4) is 0 Å². The first-order valence-electron chi connectivity index (χ1n) is 3.82. The Morgan fingerprint density at radius 2 is 2.08 bits per heavy atom. The van der Waals surface area contributed by atoms with Crippen molar-refractivity contribution in [3.05, 3.63) is 33.8 Å². The van der Waals surface area contributed by atoms with E-state index in [4.69, 9.17) is 11.6 Å². The van der Waals surface area contributed by atoms with Crippen LogP contribution >= 0.6 is 11.6 Å². The lowest BCUT2D eigenvalue weighted by Gasteiger charge is -2.04. The predicted octanol–water partition coefficient (Wildman–Crippen LogP) is 2.66. The molecule has 0 heterocycles. The van der Waals surface area contributed by atoms with Crippen LogP contribution in [-0.4, -0.2) is 12.1 Å². The smallest absolute Gasteiger partial charge is 0.162 e. The standard InChI is InChI=1S/C10H9ClO2/c1-6-3-8(5-12)10(7(2)13)9(11)4-6/h3-5H,1-2H3. The molecule has 0 amide bonds. The molecule has 3 heteroatoms. The number of carbonyl (C=O) groups is 2. The van der Waals surface area contributed by atoms with E-state index in [0.717, 1.165) is 5.56 Å². The molecule has 0 fully saturated rings. The van der Waals surface area contributed by atoms with Gasteiger partial charge in [-0.25, -0.2) is 0 Å². The molecule has 0 aliphatic carbocycles. The number of Topliss-reactive ketones (excluding diaryl/α,β-unsaturated/α-hetero) is 1. The van der Waals surface area contributed by atoms with Crippen LogP contribution in [0.2, 0.25) is 5.02 Å². The van der Waals surface area contributed by atoms with Crippen LogP contribution in [0.4, 0.5) is 0 Å². The van der Waals surface area contributed by atoms with Crippen LogP contribution in [0, 0.1) is 6.92 Å². The van der Waals surface area contributed by atoms with E-state index in [1.165, 1.54) is 6.92 Å². The molecule has 2 nitrogen and oxygen atoms in total. The van der Waals surface area contributed by atoms with Crippen LogP contribution in [0.25, 0.3) is 0 Å². The zero-order valence-corrected chi connectivity index (χ0v) is 8.18. The van der Waals surface area contributed by atoms with E-state index in [0.29, 0.717) is 22.4 Å². The Bertz CT molecular complexity index is 369. The quantitative estimate of drug-likeness (QED) is 0.538. The highest BCUT2D eigenvalue weighted by molar-refractivity contribution is 6.34. The van der Waals surface area contributed by atoms with Gasteiger partial charge in [0.15, 0.2) is 12.1 Å². The van der Waals surface area contributed by atoms with Crippen LogP contribution in [-0.2, 0) is 0 Å². The summed E-state index contributed by atoms with van der Waals surface area (Å²) in [5.41, 5.74) is 1.54. The molecule has 1 aromatic rings. The summed E-state index contributed by atoms with van der Waals surface area (Å²) in [6, 6.07) is 3.32. The minimum Gasteiger partial charge on any atom is -0.298 e. The van der Waals surface area contributed by atoms with Gasteiger partial charge in [0, 0.05) is 11.1 Å². The number of aldehydes is 1. The Hall–Kier alpha value is -1.15. The molecule has 0 unspecified atom stereocenters. The lowest BCUT2D eigenvalue weighted by Crippen LogP contribution is -2.00. The van der Waals surface area contributed by atoms with Crippen molar-refractivity contribution in [2.45, 2.75) is 13.8 Å². The molecule has 13 heavy (non-hydrogen) atoms. The van der Waals surface area contributed by atoms with E-state index < -0.39 is 0 Å². The molecule has 0 saturated heterocycles. The van der Waals surface area contributed by atoms with Gasteiger partial charge in [0.05, 0.1) is 5.02 Å². The molecular weight excluding hydrogens is 188 g/mol. The van der Waals surface area contributed by atoms with Gasteiger partial charge < -0.3 is 0 Å². The zero-order valence-electron chi connectivity index (χ0n) is 7.43. The Morgan fingerprint density at radius 3 is 2.54 bits per heavy atom. The normalized spacial score (nSPS) is 9.77. The van der Waals surface area contributed by atoms with Crippen molar-refractivity contribution >= 4 is 23.7 Å². The van der Waals surface area contributed by atoms with E-state index in [1.54, 1.807) is 12.1 Å². The van der Waals surface area contributed by atoms with Gasteiger partial charge in [-0.3, -0.25) is 9.59 Å². The third kappa shape index (κ3) is 1.95. The molecule has 0 saturated carbocycles. The van der Waals surface area contributed by atoms with Gasteiger partial charge in [-0.15, -0.1) is 0 Å². The van der Waals surface area contributed by atoms with E-state index in [-0.39, 0.29) is 5.78 Å². The van der Waals surface area contributed by atoms with Gasteiger partial charge in [-0.2, -0.15) is 0 Å². The fourth-order valence-electron chi connectivity index (χ4n) is 1.23. The number of hydrogen-bond acceptors (Lipinski definition) is 2. The van der Waals surface area contributed by atoms with E-state index in [2.05, 4.69) is 0 Å². The van der Waals surface area contributed by atoms with Crippen molar-refractivity contribution in [3.8, 4) is 0 Å². The minimum absolute atomic E-state index is 0.188. The average Bonchev–Trinajstić information content (AvgIpc) is 2.01. The summed E-state index contributed by atoms with van der Waals surface area (Å²) < 4.78 is 0. The molecule has 0 spiro atoms. The summed E-state index contributed by atoms with van der Waals surface area (Å²) in [4.78, 5) is 21.7. The fourth-order valence-corrected chi connectivity index (χ4v) is 1.65. The third-order valence-corrected chi connectivity index (χ3v) is 2.04. The highest BCUT2D eigenvalue weighted by Crippen LogP contribution is 2.21. The number of ketones is 1. The summed E-state index contributed by atoms with van der Waals surface area (Å²) in [5.74, 6) is -0.188. The first-order valence-corrected chi connectivity index (χ1v) is 4.20. The second kappa shape index (κ2) is 3.71. The lowest BCUT2D eigenvalue weighted by atomic mass is 10.0. The SMILES string of the molecule is CC(=O)c1c(Cl)cc(C)cc1C=O. The predicted molar refractivity (Wildman–Crippen MR) is 51.6 cm³/mol. The number of halogens is 1. The molecule has 0 radical (unpaired) electrons. The number of aryl methyl sites for hydroxylation is 1. The van der Waals surface area contributed by atoms with Crippen LogP contribution in [0.15, 0.2) is 12.1 Å². The van der Waals surface area contributed by atoms with Crippen molar-refractivity contribution in [1.82, 2.24) is 0 Å². The Labute approximate surface area is 81.5 Å². The largest absolute Gasteiger partial charge is 0.298 e. The Morgan fingerprint density at radius 1 is 1.46 bits per heavy atom. The van der Waals surface area contributed by atoms with Crippen LogP contribution in [0.1, 0.15) is 33.2 Å². The highest BCUT2D eigenvalue weighted by Gasteiger charge is 2.11. The fraction of sp³-hybridized carbons (Fsp3) is 0.200. The van der Waals surface area contributed by atoms with Gasteiger partial charge >= 0.3 is 0 Å². The Balaban J connectivity index is 3.47. The van der Waals surface area contributed by atoms with Gasteiger partial charge in [0.2, 0.25) is 0 Å². The van der Waals surface area contributed by atoms with Crippen molar-refractivity contribution < 1.29 is 9.59 Å². The summed E-state index contributed by atoms with van der Waals surface area (Å²) >= 11 is 5.83. The molecule has 1 rings (SSSR count).